The summed E-state index contributed by atoms with van der Waals surface area (Å²) in [6.45, 7) is 0.102. The summed E-state index contributed by atoms with van der Waals surface area (Å²) in [4.78, 5) is 25.6. The Balaban J connectivity index is 3.75. The second-order valence-electron chi connectivity index (χ2n) is 5.68. The smallest absolute Gasteiger partial charge is 0.283 e. The van der Waals surface area contributed by atoms with E-state index in [1.165, 1.54) is 13.1 Å². The molecular weight excluding hydrogens is 421 g/mol. The lowest BCUT2D eigenvalue weighted by atomic mass is 10.1. The van der Waals surface area contributed by atoms with Crippen molar-refractivity contribution in [3.63, 3.8) is 0 Å². The van der Waals surface area contributed by atoms with Gasteiger partial charge < -0.3 is 14.9 Å². The van der Waals surface area contributed by atoms with Gasteiger partial charge in [0, 0.05) is 50.8 Å². The summed E-state index contributed by atoms with van der Waals surface area (Å²) in [7, 11) is -2.46. The number of carbonyl (C=O) groups is 1. The fraction of sp³-hybridized carbons (Fsp3) is 0.533. The van der Waals surface area contributed by atoms with Crippen LogP contribution in [-0.4, -0.2) is 80.6 Å². The van der Waals surface area contributed by atoms with E-state index in [0.717, 1.165) is 17.2 Å². The Morgan fingerprint density at radius 2 is 1.78 bits per heavy atom. The summed E-state index contributed by atoms with van der Waals surface area (Å²) in [6, 6.07) is 2.05. The molecule has 152 valence electrons. The van der Waals surface area contributed by atoms with E-state index >= 15 is 0 Å². The molecule has 27 heavy (non-hydrogen) atoms. The van der Waals surface area contributed by atoms with Gasteiger partial charge in [-0.3, -0.25) is 14.9 Å². The highest BCUT2D eigenvalue weighted by Gasteiger charge is 2.30. The average molecular weight is 442 g/mol. The summed E-state index contributed by atoms with van der Waals surface area (Å²) in [5.41, 5.74) is -0.802. The molecule has 1 aromatic carbocycles. The van der Waals surface area contributed by atoms with Crippen LogP contribution in [0.5, 0.6) is 0 Å². The third-order valence-electron chi connectivity index (χ3n) is 3.74. The summed E-state index contributed by atoms with van der Waals surface area (Å²) < 4.78 is 24.4. The number of hydrogen-bond donors (Lipinski definition) is 1. The van der Waals surface area contributed by atoms with E-state index in [2.05, 4.69) is 0 Å². The van der Waals surface area contributed by atoms with Crippen molar-refractivity contribution in [3.8, 4) is 0 Å². The number of anilines is 1. The number of amides is 1. The first-order valence-electron chi connectivity index (χ1n) is 7.84. The summed E-state index contributed by atoms with van der Waals surface area (Å²) >= 11 is 11.6. The number of nitro groups is 1. The molecule has 0 atom stereocenters. The fourth-order valence-electron chi connectivity index (χ4n) is 2.44. The van der Waals surface area contributed by atoms with Gasteiger partial charge in [-0.05, 0) is 6.07 Å². The predicted octanol–water partition coefficient (Wildman–Crippen LogP) is 1.35. The van der Waals surface area contributed by atoms with Gasteiger partial charge in [0.2, 0.25) is 0 Å². The van der Waals surface area contributed by atoms with Gasteiger partial charge in [-0.15, -0.1) is 23.2 Å². The number of alkyl halides is 2. The normalized spacial score (nSPS) is 11.3. The first-order valence-corrected chi connectivity index (χ1v) is 10.8. The van der Waals surface area contributed by atoms with Gasteiger partial charge in [0.1, 0.15) is 5.56 Å². The minimum Gasteiger partial charge on any atom is -0.395 e. The van der Waals surface area contributed by atoms with E-state index in [9.17, 15) is 23.3 Å². The Morgan fingerprint density at radius 1 is 1.22 bits per heavy atom. The average Bonchev–Trinajstić information content (AvgIpc) is 2.59. The monoisotopic (exact) mass is 441 g/mol. The van der Waals surface area contributed by atoms with Crippen molar-refractivity contribution < 1.29 is 23.2 Å². The number of halogens is 2. The topological polar surface area (TPSA) is 121 Å². The number of aliphatic hydroxyl groups excluding tert-OH is 1. The van der Waals surface area contributed by atoms with Crippen molar-refractivity contribution in [3.05, 3.63) is 27.8 Å². The van der Waals surface area contributed by atoms with Gasteiger partial charge >= 0.3 is 0 Å². The molecule has 1 aromatic rings. The Labute approximate surface area is 167 Å². The van der Waals surface area contributed by atoms with E-state index in [1.807, 2.05) is 0 Å². The minimum absolute atomic E-state index is 0.0355. The summed E-state index contributed by atoms with van der Waals surface area (Å²) in [5, 5.41) is 20.5. The molecule has 0 radical (unpaired) electrons. The fourth-order valence-corrected chi connectivity index (χ4v) is 3.74. The zero-order valence-corrected chi connectivity index (χ0v) is 17.2. The highest BCUT2D eigenvalue weighted by Crippen LogP contribution is 2.33. The standard InChI is InChI=1S/C15H21Cl2N3O6S/c1-18(7-8-21)15(22)11-9-13(19(5-3-16)6-4-17)14(27(2,25)26)10-12(11)20(23)24/h9-10,21H,3-8H2,1-2H3. The minimum atomic E-state index is -3.84. The zero-order valence-electron chi connectivity index (χ0n) is 14.9. The maximum absolute atomic E-state index is 12.6. The summed E-state index contributed by atoms with van der Waals surface area (Å²) in [6.07, 6.45) is 0.925. The quantitative estimate of drug-likeness (QED) is 0.330. The van der Waals surface area contributed by atoms with Crippen LogP contribution in [0.15, 0.2) is 17.0 Å². The predicted molar refractivity (Wildman–Crippen MR) is 104 cm³/mol. The molecule has 0 heterocycles. The molecule has 0 aromatic heterocycles. The van der Waals surface area contributed by atoms with Crippen LogP contribution in [0.25, 0.3) is 0 Å². The van der Waals surface area contributed by atoms with Crippen molar-refractivity contribution in [1.82, 2.24) is 4.90 Å². The van der Waals surface area contributed by atoms with E-state index in [4.69, 9.17) is 28.3 Å². The van der Waals surface area contributed by atoms with Crippen molar-refractivity contribution in [2.45, 2.75) is 4.90 Å². The van der Waals surface area contributed by atoms with Gasteiger partial charge in [0.05, 0.1) is 22.1 Å². The van der Waals surface area contributed by atoms with E-state index < -0.39 is 26.4 Å². The Kier molecular flexibility index (Phi) is 8.73. The Hall–Kier alpha value is -1.62. The molecule has 0 fully saturated rings. The van der Waals surface area contributed by atoms with Crippen LogP contribution in [-0.2, 0) is 9.84 Å². The van der Waals surface area contributed by atoms with Crippen molar-refractivity contribution >= 4 is 50.3 Å². The zero-order chi connectivity index (χ0) is 20.8. The number of sulfone groups is 1. The molecule has 1 N–H and O–H groups in total. The molecule has 0 aliphatic heterocycles. The molecule has 0 spiro atoms. The van der Waals surface area contributed by atoms with Gasteiger partial charge in [-0.1, -0.05) is 0 Å². The van der Waals surface area contributed by atoms with E-state index in [-0.39, 0.29) is 54.1 Å². The van der Waals surface area contributed by atoms with Gasteiger partial charge in [0.25, 0.3) is 11.6 Å². The van der Waals surface area contributed by atoms with Gasteiger partial charge in [-0.25, -0.2) is 8.42 Å². The molecule has 1 amide bonds. The van der Waals surface area contributed by atoms with Crippen LogP contribution >= 0.6 is 23.2 Å². The molecule has 0 unspecified atom stereocenters. The van der Waals surface area contributed by atoms with Gasteiger partial charge in [0.15, 0.2) is 9.84 Å². The second kappa shape index (κ2) is 10.1. The lowest BCUT2D eigenvalue weighted by molar-refractivity contribution is -0.385. The number of benzene rings is 1. The second-order valence-corrected chi connectivity index (χ2v) is 8.42. The van der Waals surface area contributed by atoms with E-state index in [0.29, 0.717) is 0 Å². The Morgan fingerprint density at radius 3 is 2.19 bits per heavy atom. The number of aliphatic hydroxyl groups is 1. The largest absolute Gasteiger partial charge is 0.395 e. The maximum Gasteiger partial charge on any atom is 0.283 e. The molecule has 0 saturated carbocycles. The SMILES string of the molecule is CN(CCO)C(=O)c1cc(N(CCCl)CCCl)c(S(C)(=O)=O)cc1[N+](=O)[O-]. The molecular formula is C15H21Cl2N3O6S. The third-order valence-corrected chi connectivity index (χ3v) is 5.20. The van der Waals surface area contributed by atoms with Crippen LogP contribution in [0.3, 0.4) is 0 Å². The van der Waals surface area contributed by atoms with Crippen LogP contribution in [0, 0.1) is 10.1 Å². The first-order chi connectivity index (χ1) is 12.6. The number of hydrogen-bond acceptors (Lipinski definition) is 7. The van der Waals surface area contributed by atoms with Crippen LogP contribution in [0.1, 0.15) is 10.4 Å². The summed E-state index contributed by atoms with van der Waals surface area (Å²) in [5.74, 6) is -0.399. The number of nitro benzene ring substituents is 1. The number of carbonyl (C=O) groups excluding carboxylic acids is 1. The molecule has 0 bridgehead atoms. The lowest BCUT2D eigenvalue weighted by Crippen LogP contribution is -2.32. The van der Waals surface area contributed by atoms with E-state index in [1.54, 1.807) is 4.90 Å². The first kappa shape index (κ1) is 23.4. The van der Waals surface area contributed by atoms with Crippen molar-refractivity contribution in [1.29, 1.82) is 0 Å². The van der Waals surface area contributed by atoms with Gasteiger partial charge in [-0.2, -0.15) is 0 Å². The molecule has 12 heteroatoms. The lowest BCUT2D eigenvalue weighted by Gasteiger charge is -2.26. The van der Waals surface area contributed by atoms with Crippen molar-refractivity contribution in [2.24, 2.45) is 0 Å². The Bertz CT molecular complexity index is 797. The van der Waals surface area contributed by atoms with Crippen LogP contribution in [0.2, 0.25) is 0 Å². The van der Waals surface area contributed by atoms with Crippen LogP contribution < -0.4 is 4.90 Å². The third kappa shape index (κ3) is 5.93. The molecule has 1 rings (SSSR count). The van der Waals surface area contributed by atoms with Crippen molar-refractivity contribution in [2.75, 3.05) is 56.2 Å². The molecule has 0 aliphatic rings. The number of nitrogens with zero attached hydrogens (tertiary/aromatic N) is 3. The number of likely N-dealkylation sites (N-methyl/N-ethyl adjacent to an activating group) is 1. The highest BCUT2D eigenvalue weighted by atomic mass is 35.5. The highest BCUT2D eigenvalue weighted by molar-refractivity contribution is 7.90. The maximum atomic E-state index is 12.6. The van der Waals surface area contributed by atoms with Crippen LogP contribution in [0.4, 0.5) is 11.4 Å². The molecule has 0 saturated heterocycles. The molecule has 0 aliphatic carbocycles. The molecule has 9 nitrogen and oxygen atoms in total. The number of rotatable bonds is 10.